The van der Waals surface area contributed by atoms with Gasteiger partial charge < -0.3 is 0 Å². The first-order valence-corrected chi connectivity index (χ1v) is 8.99. The van der Waals surface area contributed by atoms with Crippen molar-refractivity contribution in [2.24, 2.45) is 4.99 Å². The summed E-state index contributed by atoms with van der Waals surface area (Å²) < 4.78 is 0. The third kappa shape index (κ3) is 3.32. The zero-order chi connectivity index (χ0) is 20.4. The van der Waals surface area contributed by atoms with E-state index in [0.29, 0.717) is 22.5 Å². The molecule has 1 heterocycles. The van der Waals surface area contributed by atoms with Crippen molar-refractivity contribution in [3.8, 4) is 0 Å². The zero-order valence-electron chi connectivity index (χ0n) is 15.6. The van der Waals surface area contributed by atoms with Crippen LogP contribution in [0, 0.1) is 0 Å². The molecule has 0 fully saturated rings. The smallest absolute Gasteiger partial charge is 0.261 e. The van der Waals surface area contributed by atoms with Gasteiger partial charge in [-0.05, 0) is 36.4 Å². The molecule has 0 saturated heterocycles. The molecule has 1 aliphatic heterocycles. The monoisotopic (exact) mass is 383 g/mol. The van der Waals surface area contributed by atoms with Gasteiger partial charge in [0.25, 0.3) is 11.8 Å². The summed E-state index contributed by atoms with van der Waals surface area (Å²) in [7, 11) is 1.46. The summed E-state index contributed by atoms with van der Waals surface area (Å²) in [5, 5.41) is 0. The Balaban J connectivity index is 1.68. The van der Waals surface area contributed by atoms with Gasteiger partial charge in [0.2, 0.25) is 6.41 Å². The molecule has 0 N–H and O–H groups in total. The number of aliphatic imine (C=N–C) groups is 1. The zero-order valence-corrected chi connectivity index (χ0v) is 15.6. The van der Waals surface area contributed by atoms with E-state index in [1.165, 1.54) is 7.05 Å². The highest BCUT2D eigenvalue weighted by atomic mass is 16.2. The van der Waals surface area contributed by atoms with Crippen molar-refractivity contribution in [1.82, 2.24) is 4.90 Å². The molecule has 142 valence electrons. The fourth-order valence-electron chi connectivity index (χ4n) is 3.24. The van der Waals surface area contributed by atoms with Crippen LogP contribution in [-0.4, -0.2) is 36.4 Å². The first-order chi connectivity index (χ1) is 14.1. The molecule has 6 nitrogen and oxygen atoms in total. The summed E-state index contributed by atoms with van der Waals surface area (Å²) in [6.45, 7) is 0. The third-order valence-corrected chi connectivity index (χ3v) is 4.76. The number of rotatable bonds is 5. The lowest BCUT2D eigenvalue weighted by atomic mass is 10.1. The van der Waals surface area contributed by atoms with Crippen LogP contribution in [0.25, 0.3) is 0 Å². The van der Waals surface area contributed by atoms with Crippen molar-refractivity contribution in [1.29, 1.82) is 0 Å². The molecular weight excluding hydrogens is 366 g/mol. The maximum absolute atomic E-state index is 12.2. The van der Waals surface area contributed by atoms with Crippen LogP contribution in [0.2, 0.25) is 0 Å². The normalized spacial score (nSPS) is 13.1. The first kappa shape index (κ1) is 18.3. The standard InChI is InChI=1S/C23H17N3O3/c1-25-22(28)19-12-11-17(13-20(19)23(25)29)24-14-16-7-5-6-10-21(16)26(15-27)18-8-3-2-4-9-18/h2-15H,1H3/b24-14+. The van der Waals surface area contributed by atoms with Gasteiger partial charge in [0.1, 0.15) is 0 Å². The molecule has 0 unspecified atom stereocenters. The molecule has 0 atom stereocenters. The first-order valence-electron chi connectivity index (χ1n) is 8.99. The number of amides is 3. The highest BCUT2D eigenvalue weighted by Gasteiger charge is 2.32. The molecule has 1 aliphatic rings. The Labute approximate surface area is 167 Å². The summed E-state index contributed by atoms with van der Waals surface area (Å²) >= 11 is 0. The fraction of sp³-hybridized carbons (Fsp3) is 0.0435. The maximum Gasteiger partial charge on any atom is 0.261 e. The van der Waals surface area contributed by atoms with E-state index in [4.69, 9.17) is 0 Å². The number of para-hydroxylation sites is 2. The Hall–Kier alpha value is -4.06. The van der Waals surface area contributed by atoms with Gasteiger partial charge in [0.15, 0.2) is 0 Å². The number of nitrogens with zero attached hydrogens (tertiary/aromatic N) is 3. The van der Waals surface area contributed by atoms with Crippen LogP contribution in [0.5, 0.6) is 0 Å². The second-order valence-corrected chi connectivity index (χ2v) is 6.53. The van der Waals surface area contributed by atoms with E-state index in [2.05, 4.69) is 4.99 Å². The number of hydrogen-bond acceptors (Lipinski definition) is 4. The molecule has 3 aromatic carbocycles. The summed E-state index contributed by atoms with van der Waals surface area (Å²) in [6, 6.07) is 21.6. The second-order valence-electron chi connectivity index (χ2n) is 6.53. The Morgan fingerprint density at radius 3 is 2.31 bits per heavy atom. The van der Waals surface area contributed by atoms with Gasteiger partial charge in [-0.25, -0.2) is 0 Å². The number of carbonyl (C=O) groups excluding carboxylic acids is 3. The van der Waals surface area contributed by atoms with Crippen LogP contribution >= 0.6 is 0 Å². The lowest BCUT2D eigenvalue weighted by molar-refractivity contribution is -0.106. The van der Waals surface area contributed by atoms with Gasteiger partial charge in [-0.15, -0.1) is 0 Å². The van der Waals surface area contributed by atoms with E-state index in [0.717, 1.165) is 22.6 Å². The maximum atomic E-state index is 12.2. The molecule has 0 spiro atoms. The topological polar surface area (TPSA) is 70.1 Å². The van der Waals surface area contributed by atoms with Gasteiger partial charge in [0, 0.05) is 24.5 Å². The van der Waals surface area contributed by atoms with Crippen LogP contribution in [0.4, 0.5) is 17.1 Å². The lowest BCUT2D eigenvalue weighted by Gasteiger charge is -2.19. The fourth-order valence-corrected chi connectivity index (χ4v) is 3.24. The van der Waals surface area contributed by atoms with E-state index in [1.807, 2.05) is 54.6 Å². The quantitative estimate of drug-likeness (QED) is 0.380. The van der Waals surface area contributed by atoms with Crippen LogP contribution in [0.3, 0.4) is 0 Å². The molecule has 3 amide bonds. The van der Waals surface area contributed by atoms with Gasteiger partial charge >= 0.3 is 0 Å². The van der Waals surface area contributed by atoms with Crippen molar-refractivity contribution in [3.05, 3.63) is 89.5 Å². The number of fused-ring (bicyclic) bond motifs is 1. The predicted molar refractivity (Wildman–Crippen MR) is 111 cm³/mol. The molecule has 29 heavy (non-hydrogen) atoms. The van der Waals surface area contributed by atoms with Gasteiger partial charge in [0.05, 0.1) is 22.5 Å². The van der Waals surface area contributed by atoms with Crippen molar-refractivity contribution in [2.75, 3.05) is 11.9 Å². The average Bonchev–Trinajstić information content (AvgIpc) is 2.98. The molecule has 0 radical (unpaired) electrons. The Bertz CT molecular complexity index is 1140. The third-order valence-electron chi connectivity index (χ3n) is 4.76. The van der Waals surface area contributed by atoms with Crippen molar-refractivity contribution in [2.45, 2.75) is 0 Å². The van der Waals surface area contributed by atoms with E-state index < -0.39 is 0 Å². The second kappa shape index (κ2) is 7.52. The molecule has 4 rings (SSSR count). The highest BCUT2D eigenvalue weighted by Crippen LogP contribution is 2.28. The number of anilines is 2. The van der Waals surface area contributed by atoms with E-state index in [-0.39, 0.29) is 11.8 Å². The SMILES string of the molecule is CN1C(=O)c2ccc(/N=C/c3ccccc3N(C=O)c3ccccc3)cc2C1=O. The van der Waals surface area contributed by atoms with Crippen molar-refractivity contribution < 1.29 is 14.4 Å². The Kier molecular flexibility index (Phi) is 4.75. The molecule has 3 aromatic rings. The van der Waals surface area contributed by atoms with Crippen molar-refractivity contribution >= 4 is 41.5 Å². The summed E-state index contributed by atoms with van der Waals surface area (Å²) in [6.07, 6.45) is 2.40. The number of imide groups is 1. The molecule has 0 bridgehead atoms. The van der Waals surface area contributed by atoms with Crippen LogP contribution in [-0.2, 0) is 4.79 Å². The highest BCUT2D eigenvalue weighted by molar-refractivity contribution is 6.21. The summed E-state index contributed by atoms with van der Waals surface area (Å²) in [5.41, 5.74) is 3.45. The van der Waals surface area contributed by atoms with Gasteiger partial charge in [-0.3, -0.25) is 29.2 Å². The van der Waals surface area contributed by atoms with Crippen LogP contribution in [0.15, 0.2) is 77.8 Å². The van der Waals surface area contributed by atoms with Gasteiger partial charge in [-0.2, -0.15) is 0 Å². The Morgan fingerprint density at radius 2 is 1.55 bits per heavy atom. The predicted octanol–water partition coefficient (Wildman–Crippen LogP) is 3.96. The van der Waals surface area contributed by atoms with E-state index in [9.17, 15) is 14.4 Å². The van der Waals surface area contributed by atoms with Crippen molar-refractivity contribution in [3.63, 3.8) is 0 Å². The van der Waals surface area contributed by atoms with E-state index >= 15 is 0 Å². The molecule has 0 aromatic heterocycles. The molecule has 0 saturated carbocycles. The number of carbonyl (C=O) groups is 3. The lowest BCUT2D eigenvalue weighted by Crippen LogP contribution is -2.24. The Morgan fingerprint density at radius 1 is 0.862 bits per heavy atom. The summed E-state index contributed by atoms with van der Waals surface area (Å²) in [4.78, 5) is 43.1. The van der Waals surface area contributed by atoms with Crippen LogP contribution in [0.1, 0.15) is 26.3 Å². The molecule has 6 heteroatoms. The molecular formula is C23H17N3O3. The number of hydrogen-bond donors (Lipinski definition) is 0. The van der Waals surface area contributed by atoms with E-state index in [1.54, 1.807) is 29.3 Å². The minimum absolute atomic E-state index is 0.310. The average molecular weight is 383 g/mol. The largest absolute Gasteiger partial charge is 0.283 e. The minimum Gasteiger partial charge on any atom is -0.283 e. The minimum atomic E-state index is -0.335. The molecule has 0 aliphatic carbocycles. The van der Waals surface area contributed by atoms with Gasteiger partial charge in [-0.1, -0.05) is 36.4 Å². The summed E-state index contributed by atoms with van der Waals surface area (Å²) in [5.74, 6) is -0.644. The number of benzene rings is 3. The van der Waals surface area contributed by atoms with Crippen LogP contribution < -0.4 is 4.90 Å².